The Labute approximate surface area is 119 Å². The maximum Gasteiger partial charge on any atom is 0.0167 e. The summed E-state index contributed by atoms with van der Waals surface area (Å²) in [5.74, 6) is 0. The third-order valence-electron chi connectivity index (χ3n) is 3.66. The van der Waals surface area contributed by atoms with Gasteiger partial charge < -0.3 is 5.32 Å². The minimum atomic E-state index is 1.08. The summed E-state index contributed by atoms with van der Waals surface area (Å²) in [6.07, 6.45) is 6.53. The highest BCUT2D eigenvalue weighted by molar-refractivity contribution is 5.17. The number of hydrogen-bond acceptors (Lipinski definition) is 1. The van der Waals surface area contributed by atoms with Crippen LogP contribution in [0.5, 0.6) is 0 Å². The Balaban J connectivity index is 0.000000861. The summed E-state index contributed by atoms with van der Waals surface area (Å²) in [4.78, 5) is 0. The Hall–Kier alpha value is -1.08. The summed E-state index contributed by atoms with van der Waals surface area (Å²) < 4.78 is 0. The second-order valence-corrected chi connectivity index (χ2v) is 5.00. The predicted octanol–water partition coefficient (Wildman–Crippen LogP) is 4.74. The summed E-state index contributed by atoms with van der Waals surface area (Å²) in [7, 11) is 0. The van der Waals surface area contributed by atoms with Crippen LogP contribution in [-0.2, 0) is 6.42 Å². The molecule has 1 N–H and O–H groups in total. The van der Waals surface area contributed by atoms with Gasteiger partial charge in [0.15, 0.2) is 0 Å². The Morgan fingerprint density at radius 2 is 1.68 bits per heavy atom. The minimum Gasteiger partial charge on any atom is -0.313 e. The van der Waals surface area contributed by atoms with Gasteiger partial charge >= 0.3 is 0 Å². The minimum absolute atomic E-state index is 1.08. The zero-order valence-electron chi connectivity index (χ0n) is 12.8. The maximum atomic E-state index is 3.58. The van der Waals surface area contributed by atoms with Gasteiger partial charge in [0, 0.05) is 6.54 Å². The molecule has 1 nitrogen and oxygen atoms in total. The van der Waals surface area contributed by atoms with Gasteiger partial charge in [-0.3, -0.25) is 0 Å². The van der Waals surface area contributed by atoms with Gasteiger partial charge in [0.05, 0.1) is 0 Å². The zero-order valence-corrected chi connectivity index (χ0v) is 12.8. The third kappa shape index (κ3) is 6.07. The van der Waals surface area contributed by atoms with Gasteiger partial charge in [0.1, 0.15) is 0 Å². The average molecular weight is 259 g/mol. The van der Waals surface area contributed by atoms with Gasteiger partial charge in [0.25, 0.3) is 0 Å². The van der Waals surface area contributed by atoms with Crippen molar-refractivity contribution >= 4 is 0 Å². The Kier molecular flexibility index (Phi) is 8.24. The molecule has 0 atom stereocenters. The fraction of sp³-hybridized carbons (Fsp3) is 0.556. The van der Waals surface area contributed by atoms with Crippen molar-refractivity contribution in [3.8, 4) is 0 Å². The van der Waals surface area contributed by atoms with E-state index < -0.39 is 0 Å². The van der Waals surface area contributed by atoms with E-state index in [0.29, 0.717) is 0 Å². The number of benzene rings is 1. The first-order chi connectivity index (χ1) is 9.36. The molecule has 0 aromatic heterocycles. The molecule has 1 aromatic rings. The van der Waals surface area contributed by atoms with Crippen LogP contribution >= 0.6 is 0 Å². The molecule has 0 bridgehead atoms. The van der Waals surface area contributed by atoms with Crippen LogP contribution in [0, 0.1) is 0 Å². The lowest BCUT2D eigenvalue weighted by Crippen LogP contribution is -2.21. The molecule has 1 aliphatic carbocycles. The molecule has 0 amide bonds. The lowest BCUT2D eigenvalue weighted by atomic mass is 9.93. The van der Waals surface area contributed by atoms with Gasteiger partial charge in [-0.1, -0.05) is 55.3 Å². The van der Waals surface area contributed by atoms with Crippen molar-refractivity contribution in [2.24, 2.45) is 0 Å². The van der Waals surface area contributed by atoms with Crippen LogP contribution in [0.1, 0.15) is 52.0 Å². The van der Waals surface area contributed by atoms with E-state index in [1.54, 1.807) is 11.1 Å². The normalized spacial score (nSPS) is 14.9. The van der Waals surface area contributed by atoms with Crippen molar-refractivity contribution in [1.29, 1.82) is 0 Å². The van der Waals surface area contributed by atoms with Crippen LogP contribution in [0.15, 0.2) is 41.5 Å². The van der Waals surface area contributed by atoms with Crippen LogP contribution in [-0.4, -0.2) is 13.1 Å². The molecule has 0 aliphatic heterocycles. The number of nitrogens with one attached hydrogen (secondary N) is 1. The van der Waals surface area contributed by atoms with Crippen LogP contribution in [0.4, 0.5) is 0 Å². The fourth-order valence-corrected chi connectivity index (χ4v) is 2.47. The van der Waals surface area contributed by atoms with Crippen molar-refractivity contribution in [2.45, 2.75) is 52.9 Å². The number of hydrogen-bond donors (Lipinski definition) is 1. The highest BCUT2D eigenvalue weighted by Gasteiger charge is 2.08. The molecule has 19 heavy (non-hydrogen) atoms. The zero-order chi connectivity index (χ0) is 13.9. The van der Waals surface area contributed by atoms with E-state index in [1.165, 1.54) is 31.2 Å². The Morgan fingerprint density at radius 1 is 1.00 bits per heavy atom. The van der Waals surface area contributed by atoms with E-state index >= 15 is 0 Å². The second kappa shape index (κ2) is 9.80. The van der Waals surface area contributed by atoms with Gasteiger partial charge in [0.2, 0.25) is 0 Å². The molecule has 0 radical (unpaired) electrons. The Morgan fingerprint density at radius 3 is 2.37 bits per heavy atom. The summed E-state index contributed by atoms with van der Waals surface area (Å²) in [5.41, 5.74) is 4.71. The summed E-state index contributed by atoms with van der Waals surface area (Å²) in [6, 6.07) is 10.7. The van der Waals surface area contributed by atoms with Crippen LogP contribution in [0.3, 0.4) is 0 Å². The second-order valence-electron chi connectivity index (χ2n) is 5.00. The van der Waals surface area contributed by atoms with Crippen LogP contribution < -0.4 is 5.32 Å². The van der Waals surface area contributed by atoms with E-state index in [4.69, 9.17) is 0 Å². The highest BCUT2D eigenvalue weighted by atomic mass is 14.8. The molecule has 2 rings (SSSR count). The molecular weight excluding hydrogens is 230 g/mol. The molecule has 1 heteroatoms. The molecule has 0 saturated heterocycles. The smallest absolute Gasteiger partial charge is 0.0167 e. The fourth-order valence-electron chi connectivity index (χ4n) is 2.47. The van der Waals surface area contributed by atoms with Gasteiger partial charge in [-0.2, -0.15) is 0 Å². The molecule has 0 saturated carbocycles. The van der Waals surface area contributed by atoms with Crippen molar-refractivity contribution < 1.29 is 0 Å². The van der Waals surface area contributed by atoms with Crippen molar-refractivity contribution in [1.82, 2.24) is 5.32 Å². The van der Waals surface area contributed by atoms with Crippen LogP contribution in [0.25, 0.3) is 0 Å². The predicted molar refractivity (Wildman–Crippen MR) is 85.5 cm³/mol. The maximum absolute atomic E-state index is 3.58. The van der Waals surface area contributed by atoms with Gasteiger partial charge in [-0.15, -0.1) is 0 Å². The Bertz CT molecular complexity index is 365. The summed E-state index contributed by atoms with van der Waals surface area (Å²) in [6.45, 7) is 8.48. The summed E-state index contributed by atoms with van der Waals surface area (Å²) in [5, 5.41) is 3.58. The standard InChI is InChI=1S/C16H23N.C2H6/c1-14-7-5-6-10-16(14)13-17-12-11-15-8-3-2-4-9-15;1-2/h2-4,8-9,17H,5-7,10-13H2,1H3;1-2H3. The first kappa shape index (κ1) is 16.0. The van der Waals surface area contributed by atoms with Gasteiger partial charge in [-0.05, 0) is 51.1 Å². The first-order valence-electron chi connectivity index (χ1n) is 7.78. The van der Waals surface area contributed by atoms with Crippen molar-refractivity contribution in [3.63, 3.8) is 0 Å². The van der Waals surface area contributed by atoms with E-state index in [-0.39, 0.29) is 0 Å². The van der Waals surface area contributed by atoms with E-state index in [0.717, 1.165) is 19.5 Å². The third-order valence-corrected chi connectivity index (χ3v) is 3.66. The monoisotopic (exact) mass is 259 g/mol. The summed E-state index contributed by atoms with van der Waals surface area (Å²) >= 11 is 0. The van der Waals surface area contributed by atoms with E-state index in [2.05, 4.69) is 42.6 Å². The highest BCUT2D eigenvalue weighted by Crippen LogP contribution is 2.23. The topological polar surface area (TPSA) is 12.0 Å². The number of rotatable bonds is 5. The molecule has 0 fully saturated rings. The first-order valence-corrected chi connectivity index (χ1v) is 7.78. The van der Waals surface area contributed by atoms with E-state index in [1.807, 2.05) is 13.8 Å². The average Bonchev–Trinajstić information content (AvgIpc) is 2.48. The molecule has 0 unspecified atom stereocenters. The SMILES string of the molecule is CC.CC1=C(CNCCc2ccccc2)CCCC1. The lowest BCUT2D eigenvalue weighted by Gasteiger charge is -2.18. The molecular formula is C18H29N. The number of allylic oxidation sites excluding steroid dienone is 1. The molecule has 0 spiro atoms. The van der Waals surface area contributed by atoms with Crippen molar-refractivity contribution in [2.75, 3.05) is 13.1 Å². The van der Waals surface area contributed by atoms with Gasteiger partial charge in [-0.25, -0.2) is 0 Å². The van der Waals surface area contributed by atoms with E-state index in [9.17, 15) is 0 Å². The molecule has 0 heterocycles. The largest absolute Gasteiger partial charge is 0.313 e. The van der Waals surface area contributed by atoms with Crippen LogP contribution in [0.2, 0.25) is 0 Å². The molecule has 1 aliphatic rings. The van der Waals surface area contributed by atoms with Crippen molar-refractivity contribution in [3.05, 3.63) is 47.0 Å². The molecule has 1 aromatic carbocycles. The lowest BCUT2D eigenvalue weighted by molar-refractivity contribution is 0.627. The quantitative estimate of drug-likeness (QED) is 0.595. The molecule has 106 valence electrons.